The Bertz CT molecular complexity index is 474. The van der Waals surface area contributed by atoms with E-state index in [1.165, 1.54) is 12.0 Å². The van der Waals surface area contributed by atoms with E-state index in [-0.39, 0.29) is 5.92 Å². The molecule has 0 bridgehead atoms. The van der Waals surface area contributed by atoms with Gasteiger partial charge in [0.05, 0.1) is 5.60 Å². The summed E-state index contributed by atoms with van der Waals surface area (Å²) >= 11 is 0. The first-order chi connectivity index (χ1) is 11.1. The zero-order valence-electron chi connectivity index (χ0n) is 14.7. The quantitative estimate of drug-likeness (QED) is 0.896. The van der Waals surface area contributed by atoms with Gasteiger partial charge in [-0.3, -0.25) is 4.90 Å². The first-order valence-electron chi connectivity index (χ1n) is 9.32. The van der Waals surface area contributed by atoms with E-state index >= 15 is 0 Å². The van der Waals surface area contributed by atoms with Crippen LogP contribution in [0.5, 0.6) is 0 Å². The Morgan fingerprint density at radius 3 is 2.30 bits per heavy atom. The molecule has 0 spiro atoms. The molecule has 0 amide bonds. The summed E-state index contributed by atoms with van der Waals surface area (Å²) in [6.45, 7) is 7.63. The summed E-state index contributed by atoms with van der Waals surface area (Å²) in [5, 5.41) is 15.0. The lowest BCUT2D eigenvalue weighted by molar-refractivity contribution is -0.0337. The third-order valence-electron chi connectivity index (χ3n) is 5.64. The first kappa shape index (κ1) is 16.9. The summed E-state index contributed by atoms with van der Waals surface area (Å²) in [4.78, 5) is 2.55. The standard InChI is InChI=1S/C20H32N2O/c1-16-13-22(14-17(2)21-16)15-19(18-9-5-3-6-10-18)20(23)11-7-4-8-12-20/h3,5-6,9-10,16-17,19,21,23H,4,7-8,11-15H2,1-2H3. The van der Waals surface area contributed by atoms with Gasteiger partial charge in [-0.2, -0.15) is 0 Å². The van der Waals surface area contributed by atoms with Crippen LogP contribution in [0.1, 0.15) is 57.4 Å². The van der Waals surface area contributed by atoms with Crippen molar-refractivity contribution in [1.82, 2.24) is 10.2 Å². The van der Waals surface area contributed by atoms with Gasteiger partial charge in [0, 0.05) is 37.6 Å². The van der Waals surface area contributed by atoms with Gasteiger partial charge in [-0.15, -0.1) is 0 Å². The maximum absolute atomic E-state index is 11.4. The maximum atomic E-state index is 11.4. The van der Waals surface area contributed by atoms with Crippen molar-refractivity contribution in [3.8, 4) is 0 Å². The van der Waals surface area contributed by atoms with Crippen molar-refractivity contribution in [2.45, 2.75) is 69.6 Å². The molecular formula is C20H32N2O. The summed E-state index contributed by atoms with van der Waals surface area (Å²) in [5.74, 6) is 0.224. The van der Waals surface area contributed by atoms with Gasteiger partial charge in [-0.25, -0.2) is 0 Å². The molecule has 3 nitrogen and oxygen atoms in total. The van der Waals surface area contributed by atoms with Gasteiger partial charge in [0.1, 0.15) is 0 Å². The fourth-order valence-corrected chi connectivity index (χ4v) is 4.63. The SMILES string of the molecule is CC1CN(CC(c2ccccc2)C2(O)CCCCC2)CC(C)N1. The van der Waals surface area contributed by atoms with Crippen LogP contribution in [0.15, 0.2) is 30.3 Å². The minimum absolute atomic E-state index is 0.224. The number of piperazine rings is 1. The second-order valence-electron chi connectivity index (χ2n) is 7.81. The number of hydrogen-bond donors (Lipinski definition) is 2. The van der Waals surface area contributed by atoms with E-state index in [2.05, 4.69) is 54.4 Å². The normalized spacial score (nSPS) is 30.0. The van der Waals surface area contributed by atoms with E-state index in [0.29, 0.717) is 12.1 Å². The van der Waals surface area contributed by atoms with Crippen LogP contribution in [0.2, 0.25) is 0 Å². The Morgan fingerprint density at radius 1 is 1.09 bits per heavy atom. The lowest BCUT2D eigenvalue weighted by atomic mass is 9.72. The molecule has 3 heteroatoms. The van der Waals surface area contributed by atoms with Gasteiger partial charge in [-0.1, -0.05) is 49.6 Å². The Kier molecular flexibility index (Phi) is 5.40. The van der Waals surface area contributed by atoms with Gasteiger partial charge in [0.15, 0.2) is 0 Å². The highest BCUT2D eigenvalue weighted by atomic mass is 16.3. The Morgan fingerprint density at radius 2 is 1.70 bits per heavy atom. The van der Waals surface area contributed by atoms with Gasteiger partial charge in [0.2, 0.25) is 0 Å². The third-order valence-corrected chi connectivity index (χ3v) is 5.64. The van der Waals surface area contributed by atoms with Crippen molar-refractivity contribution < 1.29 is 5.11 Å². The minimum atomic E-state index is -0.531. The first-order valence-corrected chi connectivity index (χ1v) is 9.32. The second kappa shape index (κ2) is 7.33. The van der Waals surface area contributed by atoms with Crippen molar-refractivity contribution in [2.24, 2.45) is 0 Å². The molecule has 1 saturated heterocycles. The smallest absolute Gasteiger partial charge is 0.0728 e. The molecule has 3 rings (SSSR count). The predicted octanol–water partition coefficient (Wildman–Crippen LogP) is 3.15. The minimum Gasteiger partial charge on any atom is -0.389 e. The molecule has 23 heavy (non-hydrogen) atoms. The van der Waals surface area contributed by atoms with Crippen molar-refractivity contribution in [3.63, 3.8) is 0 Å². The molecule has 2 N–H and O–H groups in total. The zero-order chi connectivity index (χ0) is 16.3. The van der Waals surface area contributed by atoms with E-state index in [9.17, 15) is 5.11 Å². The number of aliphatic hydroxyl groups is 1. The highest BCUT2D eigenvalue weighted by Crippen LogP contribution is 2.40. The van der Waals surface area contributed by atoms with Crippen LogP contribution in [0, 0.1) is 0 Å². The van der Waals surface area contributed by atoms with Crippen LogP contribution in [0.4, 0.5) is 0 Å². The molecule has 3 unspecified atom stereocenters. The lowest BCUT2D eigenvalue weighted by Gasteiger charge is -2.44. The average molecular weight is 316 g/mol. The van der Waals surface area contributed by atoms with Crippen molar-refractivity contribution in [2.75, 3.05) is 19.6 Å². The van der Waals surface area contributed by atoms with Gasteiger partial charge in [-0.05, 0) is 32.3 Å². The monoisotopic (exact) mass is 316 g/mol. The summed E-state index contributed by atoms with van der Waals surface area (Å²) < 4.78 is 0. The van der Waals surface area contributed by atoms with Crippen LogP contribution < -0.4 is 5.32 Å². The van der Waals surface area contributed by atoms with E-state index < -0.39 is 5.60 Å². The van der Waals surface area contributed by atoms with E-state index in [4.69, 9.17) is 0 Å². The summed E-state index contributed by atoms with van der Waals surface area (Å²) in [6.07, 6.45) is 5.49. The number of hydrogen-bond acceptors (Lipinski definition) is 3. The van der Waals surface area contributed by atoms with Crippen LogP contribution in [-0.2, 0) is 0 Å². The molecule has 1 aromatic rings. The Hall–Kier alpha value is -0.900. The van der Waals surface area contributed by atoms with Gasteiger partial charge in [0.25, 0.3) is 0 Å². The molecule has 1 aromatic carbocycles. The molecule has 3 atom stereocenters. The zero-order valence-corrected chi connectivity index (χ0v) is 14.7. The van der Waals surface area contributed by atoms with Crippen LogP contribution in [0.25, 0.3) is 0 Å². The average Bonchev–Trinajstić information content (AvgIpc) is 2.53. The van der Waals surface area contributed by atoms with Crippen LogP contribution in [-0.4, -0.2) is 47.3 Å². The van der Waals surface area contributed by atoms with Crippen LogP contribution >= 0.6 is 0 Å². The predicted molar refractivity (Wildman–Crippen MR) is 95.7 cm³/mol. The van der Waals surface area contributed by atoms with Gasteiger partial charge >= 0.3 is 0 Å². The maximum Gasteiger partial charge on any atom is 0.0728 e. The molecule has 0 radical (unpaired) electrons. The number of nitrogens with one attached hydrogen (secondary N) is 1. The van der Waals surface area contributed by atoms with Crippen LogP contribution in [0.3, 0.4) is 0 Å². The largest absolute Gasteiger partial charge is 0.389 e. The fourth-order valence-electron chi connectivity index (χ4n) is 4.63. The fraction of sp³-hybridized carbons (Fsp3) is 0.700. The van der Waals surface area contributed by atoms with E-state index in [1.54, 1.807) is 0 Å². The second-order valence-corrected chi connectivity index (χ2v) is 7.81. The summed E-state index contributed by atoms with van der Waals surface area (Å²) in [6, 6.07) is 11.7. The molecule has 1 saturated carbocycles. The molecule has 0 aromatic heterocycles. The number of rotatable bonds is 4. The molecule has 2 aliphatic rings. The summed E-state index contributed by atoms with van der Waals surface area (Å²) in [5.41, 5.74) is 0.771. The number of benzene rings is 1. The van der Waals surface area contributed by atoms with Crippen molar-refractivity contribution in [3.05, 3.63) is 35.9 Å². The Balaban J connectivity index is 1.80. The molecular weight excluding hydrogens is 284 g/mol. The summed E-state index contributed by atoms with van der Waals surface area (Å²) in [7, 11) is 0. The number of nitrogens with zero attached hydrogens (tertiary/aromatic N) is 1. The van der Waals surface area contributed by atoms with E-state index in [0.717, 1.165) is 45.3 Å². The highest BCUT2D eigenvalue weighted by molar-refractivity contribution is 5.24. The molecule has 1 aliphatic carbocycles. The van der Waals surface area contributed by atoms with Gasteiger partial charge < -0.3 is 10.4 Å². The van der Waals surface area contributed by atoms with E-state index in [1.807, 2.05) is 0 Å². The topological polar surface area (TPSA) is 35.5 Å². The highest BCUT2D eigenvalue weighted by Gasteiger charge is 2.40. The Labute approximate surface area is 141 Å². The lowest BCUT2D eigenvalue weighted by Crippen LogP contribution is -2.56. The van der Waals surface area contributed by atoms with Crippen molar-refractivity contribution >= 4 is 0 Å². The third kappa shape index (κ3) is 4.14. The molecule has 128 valence electrons. The molecule has 1 aliphatic heterocycles. The molecule has 2 fully saturated rings. The molecule has 1 heterocycles. The van der Waals surface area contributed by atoms with Crippen molar-refractivity contribution in [1.29, 1.82) is 0 Å².